The first-order valence-corrected chi connectivity index (χ1v) is 10.1. The number of benzene rings is 1. The molecular weight excluding hydrogens is 396 g/mol. The molecule has 0 radical (unpaired) electrons. The Morgan fingerprint density at radius 3 is 2.38 bits per heavy atom. The number of halogens is 1. The van der Waals surface area contributed by atoms with E-state index in [4.69, 9.17) is 21.1 Å². The van der Waals surface area contributed by atoms with Gasteiger partial charge in [-0.05, 0) is 45.2 Å². The molecule has 0 spiro atoms. The first-order chi connectivity index (χ1) is 13.6. The molecular formula is C21H29ClN2O5. The molecule has 1 aromatic rings. The van der Waals surface area contributed by atoms with Crippen molar-refractivity contribution in [1.29, 1.82) is 0 Å². The molecule has 29 heavy (non-hydrogen) atoms. The second kappa shape index (κ2) is 9.96. The number of rotatable bonds is 5. The monoisotopic (exact) mass is 424 g/mol. The molecule has 2 amide bonds. The summed E-state index contributed by atoms with van der Waals surface area (Å²) in [5.74, 6) is -0.853. The Morgan fingerprint density at radius 1 is 1.21 bits per heavy atom. The molecule has 160 valence electrons. The summed E-state index contributed by atoms with van der Waals surface area (Å²) in [4.78, 5) is 38.5. The number of hydrogen-bond donors (Lipinski definition) is 1. The zero-order chi connectivity index (χ0) is 21.6. The van der Waals surface area contributed by atoms with Crippen molar-refractivity contribution in [2.75, 3.05) is 20.2 Å². The van der Waals surface area contributed by atoms with Gasteiger partial charge in [0.15, 0.2) is 0 Å². The second-order valence-corrected chi connectivity index (χ2v) is 8.51. The maximum absolute atomic E-state index is 12.8. The predicted octanol–water partition coefficient (Wildman–Crippen LogP) is 3.71. The van der Waals surface area contributed by atoms with E-state index in [1.807, 2.05) is 20.8 Å². The fourth-order valence-corrected chi connectivity index (χ4v) is 3.45. The Morgan fingerprint density at radius 2 is 1.83 bits per heavy atom. The molecule has 1 aliphatic heterocycles. The van der Waals surface area contributed by atoms with Crippen molar-refractivity contribution in [3.05, 3.63) is 34.9 Å². The van der Waals surface area contributed by atoms with Crippen molar-refractivity contribution in [1.82, 2.24) is 10.2 Å². The van der Waals surface area contributed by atoms with E-state index in [1.54, 1.807) is 29.2 Å². The van der Waals surface area contributed by atoms with E-state index < -0.39 is 17.6 Å². The van der Waals surface area contributed by atoms with Crippen LogP contribution in [-0.2, 0) is 19.1 Å². The topological polar surface area (TPSA) is 84.9 Å². The number of amides is 2. The number of carbonyl (C=O) groups is 3. The number of carbonyl (C=O) groups excluding carboxylic acids is 3. The quantitative estimate of drug-likeness (QED) is 0.728. The SMILES string of the molecule is COC(=O)CC(NC(=O)C1CCN(C(=O)OC(C)(C)C)CC1)c1ccccc1Cl. The molecule has 0 aliphatic carbocycles. The summed E-state index contributed by atoms with van der Waals surface area (Å²) in [6, 6.07) is 6.51. The van der Waals surface area contributed by atoms with Gasteiger partial charge in [0.1, 0.15) is 5.60 Å². The summed E-state index contributed by atoms with van der Waals surface area (Å²) in [5.41, 5.74) is 0.112. The van der Waals surface area contributed by atoms with E-state index in [9.17, 15) is 14.4 Å². The van der Waals surface area contributed by atoms with Gasteiger partial charge in [-0.25, -0.2) is 4.79 Å². The zero-order valence-corrected chi connectivity index (χ0v) is 18.1. The molecule has 1 aliphatic rings. The second-order valence-electron chi connectivity index (χ2n) is 8.10. The molecule has 1 saturated heterocycles. The van der Waals surface area contributed by atoms with Crippen LogP contribution >= 0.6 is 11.6 Å². The van der Waals surface area contributed by atoms with E-state index in [-0.39, 0.29) is 24.3 Å². The van der Waals surface area contributed by atoms with E-state index >= 15 is 0 Å². The fraction of sp³-hybridized carbons (Fsp3) is 0.571. The van der Waals surface area contributed by atoms with E-state index in [0.717, 1.165) is 0 Å². The Bertz CT molecular complexity index is 739. The standard InChI is InChI=1S/C21H29ClN2O5/c1-21(2,3)29-20(27)24-11-9-14(10-12-24)19(26)23-17(13-18(25)28-4)15-7-5-6-8-16(15)22/h5-8,14,17H,9-13H2,1-4H3,(H,23,26). The van der Waals surface area contributed by atoms with Crippen LogP contribution in [0.2, 0.25) is 5.02 Å². The largest absolute Gasteiger partial charge is 0.469 e. The first-order valence-electron chi connectivity index (χ1n) is 9.70. The Hall–Kier alpha value is -2.28. The summed E-state index contributed by atoms with van der Waals surface area (Å²) in [6.07, 6.45) is 0.677. The maximum atomic E-state index is 12.8. The van der Waals surface area contributed by atoms with Crippen LogP contribution in [0.25, 0.3) is 0 Å². The highest BCUT2D eigenvalue weighted by molar-refractivity contribution is 6.31. The Kier molecular flexibility index (Phi) is 7.90. The van der Waals surface area contributed by atoms with Gasteiger partial charge in [0.25, 0.3) is 0 Å². The third kappa shape index (κ3) is 6.92. The Labute approximate surface area is 176 Å². The molecule has 0 bridgehead atoms. The van der Waals surface area contributed by atoms with Gasteiger partial charge >= 0.3 is 12.1 Å². The van der Waals surface area contributed by atoms with Crippen LogP contribution in [0.15, 0.2) is 24.3 Å². The van der Waals surface area contributed by atoms with E-state index in [1.165, 1.54) is 7.11 Å². The molecule has 1 N–H and O–H groups in total. The number of hydrogen-bond acceptors (Lipinski definition) is 5. The average molecular weight is 425 g/mol. The lowest BCUT2D eigenvalue weighted by molar-refractivity contribution is -0.141. The van der Waals surface area contributed by atoms with Gasteiger partial charge in [-0.2, -0.15) is 0 Å². The fourth-order valence-electron chi connectivity index (χ4n) is 3.19. The number of likely N-dealkylation sites (tertiary alicyclic amines) is 1. The summed E-state index contributed by atoms with van der Waals surface area (Å²) in [5, 5.41) is 3.41. The predicted molar refractivity (Wildman–Crippen MR) is 109 cm³/mol. The average Bonchev–Trinajstić information content (AvgIpc) is 2.66. The van der Waals surface area contributed by atoms with Crippen LogP contribution in [0.3, 0.4) is 0 Å². The lowest BCUT2D eigenvalue weighted by Gasteiger charge is -2.33. The third-order valence-electron chi connectivity index (χ3n) is 4.71. The van der Waals surface area contributed by atoms with Gasteiger partial charge in [0.2, 0.25) is 5.91 Å². The van der Waals surface area contributed by atoms with Gasteiger partial charge in [0, 0.05) is 24.0 Å². The van der Waals surface area contributed by atoms with Gasteiger partial charge in [-0.1, -0.05) is 29.8 Å². The highest BCUT2D eigenvalue weighted by atomic mass is 35.5. The maximum Gasteiger partial charge on any atom is 0.410 e. The van der Waals surface area contributed by atoms with Crippen LogP contribution < -0.4 is 5.32 Å². The van der Waals surface area contributed by atoms with Crippen LogP contribution in [0.4, 0.5) is 4.79 Å². The van der Waals surface area contributed by atoms with Crippen molar-refractivity contribution in [2.24, 2.45) is 5.92 Å². The number of piperidine rings is 1. The molecule has 1 atom stereocenters. The molecule has 2 rings (SSSR count). The van der Waals surface area contributed by atoms with Crippen LogP contribution in [0, 0.1) is 5.92 Å². The van der Waals surface area contributed by atoms with Gasteiger partial charge in [0.05, 0.1) is 19.6 Å². The number of nitrogens with one attached hydrogen (secondary N) is 1. The number of methoxy groups -OCH3 is 1. The normalized spacial score (nSPS) is 16.1. The van der Waals surface area contributed by atoms with Crippen LogP contribution in [0.1, 0.15) is 51.6 Å². The number of nitrogens with zero attached hydrogens (tertiary/aromatic N) is 1. The van der Waals surface area contributed by atoms with E-state index in [0.29, 0.717) is 36.5 Å². The highest BCUT2D eigenvalue weighted by Crippen LogP contribution is 2.27. The molecule has 1 unspecified atom stereocenters. The Balaban J connectivity index is 1.99. The van der Waals surface area contributed by atoms with Crippen molar-refractivity contribution in [3.8, 4) is 0 Å². The molecule has 0 saturated carbocycles. The van der Waals surface area contributed by atoms with Crippen LogP contribution in [-0.4, -0.2) is 48.7 Å². The van der Waals surface area contributed by atoms with Gasteiger partial charge in [-0.15, -0.1) is 0 Å². The molecule has 1 aromatic carbocycles. The van der Waals surface area contributed by atoms with Crippen molar-refractivity contribution >= 4 is 29.6 Å². The number of ether oxygens (including phenoxy) is 2. The van der Waals surface area contributed by atoms with Crippen molar-refractivity contribution < 1.29 is 23.9 Å². The number of esters is 1. The summed E-state index contributed by atoms with van der Waals surface area (Å²) >= 11 is 6.26. The smallest absolute Gasteiger partial charge is 0.410 e. The minimum atomic E-state index is -0.576. The van der Waals surface area contributed by atoms with Gasteiger partial charge in [-0.3, -0.25) is 9.59 Å². The third-order valence-corrected chi connectivity index (χ3v) is 5.06. The van der Waals surface area contributed by atoms with Gasteiger partial charge < -0.3 is 19.7 Å². The zero-order valence-electron chi connectivity index (χ0n) is 17.4. The highest BCUT2D eigenvalue weighted by Gasteiger charge is 2.31. The summed E-state index contributed by atoms with van der Waals surface area (Å²) < 4.78 is 10.1. The lowest BCUT2D eigenvalue weighted by atomic mass is 9.94. The minimum Gasteiger partial charge on any atom is -0.469 e. The summed E-state index contributed by atoms with van der Waals surface area (Å²) in [7, 11) is 1.31. The minimum absolute atomic E-state index is 0.0112. The van der Waals surface area contributed by atoms with Crippen molar-refractivity contribution in [2.45, 2.75) is 51.7 Å². The molecule has 1 heterocycles. The molecule has 8 heteroatoms. The molecule has 1 fully saturated rings. The van der Waals surface area contributed by atoms with E-state index in [2.05, 4.69) is 5.32 Å². The summed E-state index contributed by atoms with van der Waals surface area (Å²) in [6.45, 7) is 6.35. The molecule has 0 aromatic heterocycles. The van der Waals surface area contributed by atoms with Crippen molar-refractivity contribution in [3.63, 3.8) is 0 Å². The molecule has 7 nitrogen and oxygen atoms in total. The first kappa shape index (κ1) is 23.0. The van der Waals surface area contributed by atoms with Crippen LogP contribution in [0.5, 0.6) is 0 Å². The lowest BCUT2D eigenvalue weighted by Crippen LogP contribution is -2.45.